The van der Waals surface area contributed by atoms with Gasteiger partial charge in [-0.15, -0.1) is 0 Å². The van der Waals surface area contributed by atoms with Crippen molar-refractivity contribution >= 4 is 11.8 Å². The molecule has 1 aliphatic heterocycles. The molecular formula is C24H27F3N2O2. The van der Waals surface area contributed by atoms with Gasteiger partial charge in [-0.1, -0.05) is 61.9 Å². The standard InChI is InChI=1S/C24H27F3N2O2/c1-2-3-12-28-23(31)21-16-29(22(30)13-17-8-5-4-6-9-17)15-20(21)18-10-7-11-19(14-18)24(25,26)27/h4-11,14,20-21H,2-3,12-13,15-16H2,1H3,(H,28,31)/t20-,21-/m0/s1. The average Bonchev–Trinajstić information content (AvgIpc) is 3.20. The van der Waals surface area contributed by atoms with E-state index in [1.807, 2.05) is 37.3 Å². The van der Waals surface area contributed by atoms with Gasteiger partial charge in [-0.25, -0.2) is 0 Å². The molecule has 7 heteroatoms. The summed E-state index contributed by atoms with van der Waals surface area (Å²) in [5.41, 5.74) is 0.545. The normalized spacial score (nSPS) is 18.8. The van der Waals surface area contributed by atoms with E-state index in [0.717, 1.165) is 30.5 Å². The third-order valence-corrected chi connectivity index (χ3v) is 5.68. The second kappa shape index (κ2) is 9.98. The number of nitrogens with one attached hydrogen (secondary N) is 1. The number of hydrogen-bond acceptors (Lipinski definition) is 2. The van der Waals surface area contributed by atoms with E-state index < -0.39 is 23.6 Å². The quantitative estimate of drug-likeness (QED) is 0.659. The van der Waals surface area contributed by atoms with Crippen LogP contribution in [0.2, 0.25) is 0 Å². The van der Waals surface area contributed by atoms with Crippen molar-refractivity contribution in [2.24, 2.45) is 5.92 Å². The number of amides is 2. The lowest BCUT2D eigenvalue weighted by molar-refractivity contribution is -0.137. The minimum atomic E-state index is -4.46. The Bertz CT molecular complexity index is 899. The first kappa shape index (κ1) is 22.8. The first-order chi connectivity index (χ1) is 14.8. The van der Waals surface area contributed by atoms with Crippen molar-refractivity contribution in [3.63, 3.8) is 0 Å². The fraction of sp³-hybridized carbons (Fsp3) is 0.417. The zero-order chi connectivity index (χ0) is 22.4. The zero-order valence-electron chi connectivity index (χ0n) is 17.5. The summed E-state index contributed by atoms with van der Waals surface area (Å²) in [4.78, 5) is 27.3. The van der Waals surface area contributed by atoms with Crippen LogP contribution in [-0.4, -0.2) is 36.3 Å². The summed E-state index contributed by atoms with van der Waals surface area (Å²) in [6.45, 7) is 2.94. The highest BCUT2D eigenvalue weighted by Crippen LogP contribution is 2.36. The molecule has 1 fully saturated rings. The summed E-state index contributed by atoms with van der Waals surface area (Å²) in [6, 6.07) is 14.4. The lowest BCUT2D eigenvalue weighted by Crippen LogP contribution is -2.36. The maximum absolute atomic E-state index is 13.2. The van der Waals surface area contributed by atoms with Crippen LogP contribution in [-0.2, 0) is 22.2 Å². The lowest BCUT2D eigenvalue weighted by Gasteiger charge is -2.19. The highest BCUT2D eigenvalue weighted by Gasteiger charge is 2.41. The Morgan fingerprint density at radius 3 is 2.48 bits per heavy atom. The molecule has 2 atom stereocenters. The Morgan fingerprint density at radius 1 is 1.06 bits per heavy atom. The van der Waals surface area contributed by atoms with Gasteiger partial charge in [-0.05, 0) is 23.6 Å². The highest BCUT2D eigenvalue weighted by molar-refractivity contribution is 5.84. The second-order valence-corrected chi connectivity index (χ2v) is 7.94. The van der Waals surface area contributed by atoms with Crippen molar-refractivity contribution in [2.75, 3.05) is 19.6 Å². The van der Waals surface area contributed by atoms with E-state index in [1.165, 1.54) is 6.07 Å². The molecule has 0 bridgehead atoms. The number of likely N-dealkylation sites (tertiary alicyclic amines) is 1. The van der Waals surface area contributed by atoms with Gasteiger partial charge in [0, 0.05) is 25.6 Å². The van der Waals surface area contributed by atoms with Gasteiger partial charge in [-0.2, -0.15) is 13.2 Å². The Morgan fingerprint density at radius 2 is 1.81 bits per heavy atom. The molecule has 31 heavy (non-hydrogen) atoms. The van der Waals surface area contributed by atoms with Gasteiger partial charge in [0.25, 0.3) is 0 Å². The van der Waals surface area contributed by atoms with E-state index in [1.54, 1.807) is 11.0 Å². The Kier molecular flexibility index (Phi) is 7.36. The Balaban J connectivity index is 1.82. The van der Waals surface area contributed by atoms with Crippen LogP contribution in [0, 0.1) is 5.92 Å². The minimum absolute atomic E-state index is 0.132. The van der Waals surface area contributed by atoms with Crippen molar-refractivity contribution in [2.45, 2.75) is 38.3 Å². The Labute approximate surface area is 180 Å². The average molecular weight is 432 g/mol. The summed E-state index contributed by atoms with van der Waals surface area (Å²) in [7, 11) is 0. The fourth-order valence-electron chi connectivity index (χ4n) is 3.96. The molecule has 0 aromatic heterocycles. The SMILES string of the molecule is CCCCNC(=O)[C@H]1CN(C(=O)Cc2ccccc2)C[C@H]1c1cccc(C(F)(F)F)c1. The van der Waals surface area contributed by atoms with Crippen molar-refractivity contribution < 1.29 is 22.8 Å². The fourth-order valence-corrected chi connectivity index (χ4v) is 3.96. The number of unbranched alkanes of at least 4 members (excludes halogenated alkanes) is 1. The molecular weight excluding hydrogens is 405 g/mol. The molecule has 0 aliphatic carbocycles. The van der Waals surface area contributed by atoms with E-state index in [4.69, 9.17) is 0 Å². The van der Waals surface area contributed by atoms with Crippen molar-refractivity contribution in [3.05, 3.63) is 71.3 Å². The van der Waals surface area contributed by atoms with E-state index in [-0.39, 0.29) is 31.3 Å². The summed E-state index contributed by atoms with van der Waals surface area (Å²) in [6.07, 6.45) is -2.52. The van der Waals surface area contributed by atoms with Gasteiger partial charge in [0.15, 0.2) is 0 Å². The molecule has 0 spiro atoms. The minimum Gasteiger partial charge on any atom is -0.356 e. The van der Waals surface area contributed by atoms with Gasteiger partial charge in [0.05, 0.1) is 17.9 Å². The van der Waals surface area contributed by atoms with Crippen LogP contribution in [0.5, 0.6) is 0 Å². The number of benzene rings is 2. The summed E-state index contributed by atoms with van der Waals surface area (Å²) >= 11 is 0. The number of carbonyl (C=O) groups is 2. The number of hydrogen-bond donors (Lipinski definition) is 1. The molecule has 1 N–H and O–H groups in total. The van der Waals surface area contributed by atoms with E-state index in [0.29, 0.717) is 12.1 Å². The molecule has 0 saturated carbocycles. The van der Waals surface area contributed by atoms with Crippen LogP contribution < -0.4 is 5.32 Å². The first-order valence-corrected chi connectivity index (χ1v) is 10.6. The predicted octanol–water partition coefficient (Wildman–Crippen LogP) is 4.41. The van der Waals surface area contributed by atoms with Gasteiger partial charge >= 0.3 is 6.18 Å². The largest absolute Gasteiger partial charge is 0.416 e. The molecule has 1 aliphatic rings. The highest BCUT2D eigenvalue weighted by atomic mass is 19.4. The van der Waals surface area contributed by atoms with Crippen LogP contribution in [0.15, 0.2) is 54.6 Å². The molecule has 166 valence electrons. The smallest absolute Gasteiger partial charge is 0.356 e. The Hall–Kier alpha value is -2.83. The first-order valence-electron chi connectivity index (χ1n) is 10.6. The monoisotopic (exact) mass is 432 g/mol. The molecule has 0 radical (unpaired) electrons. The number of alkyl halides is 3. The van der Waals surface area contributed by atoms with Gasteiger partial charge in [-0.3, -0.25) is 9.59 Å². The summed E-state index contributed by atoms with van der Waals surface area (Å²) < 4.78 is 39.7. The molecule has 1 heterocycles. The predicted molar refractivity (Wildman–Crippen MR) is 112 cm³/mol. The zero-order valence-corrected chi connectivity index (χ0v) is 17.5. The number of halogens is 3. The molecule has 4 nitrogen and oxygen atoms in total. The molecule has 0 unspecified atom stereocenters. The third-order valence-electron chi connectivity index (χ3n) is 5.68. The molecule has 1 saturated heterocycles. The number of rotatable bonds is 7. The van der Waals surface area contributed by atoms with Gasteiger partial charge in [0.1, 0.15) is 0 Å². The lowest BCUT2D eigenvalue weighted by atomic mass is 9.87. The van der Waals surface area contributed by atoms with E-state index >= 15 is 0 Å². The molecule has 2 aromatic carbocycles. The van der Waals surface area contributed by atoms with Crippen LogP contribution in [0.4, 0.5) is 13.2 Å². The summed E-state index contributed by atoms with van der Waals surface area (Å²) in [5.74, 6) is -1.42. The molecule has 2 amide bonds. The maximum Gasteiger partial charge on any atom is 0.416 e. The van der Waals surface area contributed by atoms with Crippen molar-refractivity contribution in [1.29, 1.82) is 0 Å². The topological polar surface area (TPSA) is 49.4 Å². The second-order valence-electron chi connectivity index (χ2n) is 7.94. The number of nitrogens with zero attached hydrogens (tertiary/aromatic N) is 1. The van der Waals surface area contributed by atoms with Crippen LogP contribution >= 0.6 is 0 Å². The van der Waals surface area contributed by atoms with E-state index in [2.05, 4.69) is 5.32 Å². The molecule has 3 rings (SSSR count). The van der Waals surface area contributed by atoms with Crippen LogP contribution in [0.1, 0.15) is 42.4 Å². The van der Waals surface area contributed by atoms with E-state index in [9.17, 15) is 22.8 Å². The third kappa shape index (κ3) is 5.87. The van der Waals surface area contributed by atoms with Gasteiger partial charge in [0.2, 0.25) is 11.8 Å². The van der Waals surface area contributed by atoms with Crippen molar-refractivity contribution in [1.82, 2.24) is 10.2 Å². The van der Waals surface area contributed by atoms with Gasteiger partial charge < -0.3 is 10.2 Å². The number of carbonyl (C=O) groups excluding carboxylic acids is 2. The summed E-state index contributed by atoms with van der Waals surface area (Å²) in [5, 5.41) is 2.88. The van der Waals surface area contributed by atoms with Crippen molar-refractivity contribution in [3.8, 4) is 0 Å². The van der Waals surface area contributed by atoms with Crippen LogP contribution in [0.3, 0.4) is 0 Å². The molecule has 2 aromatic rings. The van der Waals surface area contributed by atoms with Crippen LogP contribution in [0.25, 0.3) is 0 Å². The maximum atomic E-state index is 13.2.